The molecular formula is C19H21N3O2. The highest BCUT2D eigenvalue weighted by molar-refractivity contribution is 5.94. The highest BCUT2D eigenvalue weighted by atomic mass is 16.5. The summed E-state index contributed by atoms with van der Waals surface area (Å²) in [7, 11) is 0. The molecule has 0 aliphatic carbocycles. The summed E-state index contributed by atoms with van der Waals surface area (Å²) in [5.41, 5.74) is 0.937. The first kappa shape index (κ1) is 16.2. The lowest BCUT2D eigenvalue weighted by molar-refractivity contribution is -0.121. The Hall–Kier alpha value is -2.69. The van der Waals surface area contributed by atoms with E-state index >= 15 is 0 Å². The van der Waals surface area contributed by atoms with Gasteiger partial charge >= 0.3 is 0 Å². The average molecular weight is 323 g/mol. The number of benzene rings is 2. The van der Waals surface area contributed by atoms with Crippen LogP contribution in [0.2, 0.25) is 0 Å². The number of hydrogen-bond acceptors (Lipinski definition) is 4. The molecule has 5 nitrogen and oxygen atoms in total. The molecule has 0 aliphatic heterocycles. The molecule has 3 aromatic rings. The first-order valence-electron chi connectivity index (χ1n) is 8.27. The quantitative estimate of drug-likeness (QED) is 0.750. The molecule has 3 rings (SSSR count). The predicted molar refractivity (Wildman–Crippen MR) is 93.5 cm³/mol. The molecule has 0 bridgehead atoms. The molecule has 1 amide bonds. The van der Waals surface area contributed by atoms with Crippen molar-refractivity contribution in [1.29, 1.82) is 0 Å². The Kier molecular flexibility index (Phi) is 4.89. The summed E-state index contributed by atoms with van der Waals surface area (Å²) in [5, 5.41) is 9.23. The fourth-order valence-electron chi connectivity index (χ4n) is 2.56. The third kappa shape index (κ3) is 3.62. The Balaban J connectivity index is 1.72. The Bertz CT molecular complexity index is 836. The van der Waals surface area contributed by atoms with Crippen LogP contribution < -0.4 is 5.32 Å². The number of nitrogens with zero attached hydrogens (tertiary/aromatic N) is 2. The summed E-state index contributed by atoms with van der Waals surface area (Å²) in [6.07, 6.45) is 1.71. The molecule has 0 fully saturated rings. The topological polar surface area (TPSA) is 68.0 Å². The highest BCUT2D eigenvalue weighted by Gasteiger charge is 2.13. The zero-order chi connectivity index (χ0) is 16.9. The van der Waals surface area contributed by atoms with Gasteiger partial charge in [0.2, 0.25) is 17.6 Å². The van der Waals surface area contributed by atoms with Gasteiger partial charge in [0.15, 0.2) is 0 Å². The zero-order valence-electron chi connectivity index (χ0n) is 14.0. The van der Waals surface area contributed by atoms with Gasteiger partial charge in [0.25, 0.3) is 0 Å². The van der Waals surface area contributed by atoms with Crippen molar-refractivity contribution >= 4 is 16.7 Å². The number of hydrogen-bond donors (Lipinski definition) is 1. The molecule has 1 aromatic heterocycles. The van der Waals surface area contributed by atoms with E-state index in [1.165, 1.54) is 0 Å². The van der Waals surface area contributed by atoms with Gasteiger partial charge in [0.1, 0.15) is 0 Å². The third-order valence-electron chi connectivity index (χ3n) is 4.08. The molecule has 2 aromatic carbocycles. The van der Waals surface area contributed by atoms with Crippen molar-refractivity contribution in [3.05, 3.63) is 48.4 Å². The van der Waals surface area contributed by atoms with Crippen LogP contribution in [-0.4, -0.2) is 22.1 Å². The minimum Gasteiger partial charge on any atom is -0.354 e. The van der Waals surface area contributed by atoms with Gasteiger partial charge < -0.3 is 9.84 Å². The Morgan fingerprint density at radius 3 is 2.83 bits per heavy atom. The lowest BCUT2D eigenvalue weighted by atomic mass is 10.0. The Morgan fingerprint density at radius 1 is 1.21 bits per heavy atom. The molecular weight excluding hydrogens is 302 g/mol. The number of aromatic nitrogens is 2. The van der Waals surface area contributed by atoms with Gasteiger partial charge in [-0.25, -0.2) is 0 Å². The molecule has 0 saturated heterocycles. The largest absolute Gasteiger partial charge is 0.354 e. The number of carbonyl (C=O) groups is 1. The van der Waals surface area contributed by atoms with Gasteiger partial charge in [-0.2, -0.15) is 4.98 Å². The first-order chi connectivity index (χ1) is 11.7. The number of amides is 1. The highest BCUT2D eigenvalue weighted by Crippen LogP contribution is 2.26. The predicted octanol–water partition coefficient (Wildman–Crippen LogP) is 3.74. The van der Waals surface area contributed by atoms with Crippen LogP contribution in [-0.2, 0) is 11.2 Å². The normalized spacial score (nSPS) is 12.2. The van der Waals surface area contributed by atoms with Crippen LogP contribution in [0.1, 0.15) is 32.6 Å². The van der Waals surface area contributed by atoms with Crippen molar-refractivity contribution in [2.75, 3.05) is 0 Å². The van der Waals surface area contributed by atoms with E-state index < -0.39 is 0 Å². The van der Waals surface area contributed by atoms with Gasteiger partial charge in [0.05, 0.1) is 0 Å². The number of rotatable bonds is 6. The lowest BCUT2D eigenvalue weighted by Gasteiger charge is -2.10. The maximum absolute atomic E-state index is 11.8. The number of carbonyl (C=O) groups excluding carboxylic acids is 1. The van der Waals surface area contributed by atoms with Gasteiger partial charge in [0, 0.05) is 24.4 Å². The van der Waals surface area contributed by atoms with Crippen molar-refractivity contribution in [1.82, 2.24) is 15.5 Å². The van der Waals surface area contributed by atoms with E-state index in [1.807, 2.05) is 44.2 Å². The maximum Gasteiger partial charge on any atom is 0.227 e. The van der Waals surface area contributed by atoms with E-state index in [-0.39, 0.29) is 11.9 Å². The van der Waals surface area contributed by atoms with Crippen molar-refractivity contribution in [2.45, 2.75) is 39.2 Å². The molecule has 1 atom stereocenters. The monoisotopic (exact) mass is 323 g/mol. The van der Waals surface area contributed by atoms with Crippen LogP contribution in [0.5, 0.6) is 0 Å². The molecule has 0 saturated carbocycles. The van der Waals surface area contributed by atoms with Crippen molar-refractivity contribution in [2.24, 2.45) is 0 Å². The fourth-order valence-corrected chi connectivity index (χ4v) is 2.56. The standard InChI is InChI=1S/C19H21N3O2/c1-3-13(2)20-17(23)11-12-18-21-19(22-24-18)16-10-6-8-14-7-4-5-9-15(14)16/h4-10,13H,3,11-12H2,1-2H3,(H,20,23). The average Bonchev–Trinajstić information content (AvgIpc) is 3.08. The number of aryl methyl sites for hydroxylation is 1. The summed E-state index contributed by atoms with van der Waals surface area (Å²) in [6.45, 7) is 4.03. The van der Waals surface area contributed by atoms with Crippen LogP contribution in [0, 0.1) is 0 Å². The second-order valence-electron chi connectivity index (χ2n) is 5.92. The summed E-state index contributed by atoms with van der Waals surface area (Å²) in [6, 6.07) is 14.3. The van der Waals surface area contributed by atoms with E-state index in [1.54, 1.807) is 0 Å². The van der Waals surface area contributed by atoms with Crippen LogP contribution >= 0.6 is 0 Å². The molecule has 1 N–H and O–H groups in total. The molecule has 1 heterocycles. The van der Waals surface area contributed by atoms with Crippen LogP contribution in [0.3, 0.4) is 0 Å². The molecule has 0 spiro atoms. The molecule has 124 valence electrons. The van der Waals surface area contributed by atoms with Crippen molar-refractivity contribution < 1.29 is 9.32 Å². The van der Waals surface area contributed by atoms with Crippen molar-refractivity contribution in [3.8, 4) is 11.4 Å². The van der Waals surface area contributed by atoms with Crippen molar-refractivity contribution in [3.63, 3.8) is 0 Å². The zero-order valence-corrected chi connectivity index (χ0v) is 14.0. The van der Waals surface area contributed by atoms with Gasteiger partial charge in [-0.1, -0.05) is 54.5 Å². The molecule has 24 heavy (non-hydrogen) atoms. The van der Waals surface area contributed by atoms with Gasteiger partial charge in [-0.05, 0) is 24.1 Å². The summed E-state index contributed by atoms with van der Waals surface area (Å²) < 4.78 is 5.31. The first-order valence-corrected chi connectivity index (χ1v) is 8.27. The van der Waals surface area contributed by atoms with E-state index in [0.29, 0.717) is 24.6 Å². The van der Waals surface area contributed by atoms with Gasteiger partial charge in [-0.15, -0.1) is 0 Å². The third-order valence-corrected chi connectivity index (χ3v) is 4.08. The summed E-state index contributed by atoms with van der Waals surface area (Å²) in [5.74, 6) is 1.05. The smallest absolute Gasteiger partial charge is 0.227 e. The van der Waals surface area contributed by atoms with Crippen LogP contribution in [0.25, 0.3) is 22.2 Å². The summed E-state index contributed by atoms with van der Waals surface area (Å²) in [4.78, 5) is 16.3. The minimum atomic E-state index is 0.00857. The molecule has 0 aliphatic rings. The lowest BCUT2D eigenvalue weighted by Crippen LogP contribution is -2.32. The van der Waals surface area contributed by atoms with E-state index in [2.05, 4.69) is 27.6 Å². The molecule has 0 radical (unpaired) electrons. The van der Waals surface area contributed by atoms with E-state index in [4.69, 9.17) is 4.52 Å². The van der Waals surface area contributed by atoms with Crippen LogP contribution in [0.4, 0.5) is 0 Å². The fraction of sp³-hybridized carbons (Fsp3) is 0.316. The van der Waals surface area contributed by atoms with Gasteiger partial charge in [-0.3, -0.25) is 4.79 Å². The summed E-state index contributed by atoms with van der Waals surface area (Å²) >= 11 is 0. The number of nitrogens with one attached hydrogen (secondary N) is 1. The second kappa shape index (κ2) is 7.25. The molecule has 5 heteroatoms. The second-order valence-corrected chi connectivity index (χ2v) is 5.92. The van der Waals surface area contributed by atoms with E-state index in [0.717, 1.165) is 22.8 Å². The Labute approximate surface area is 141 Å². The maximum atomic E-state index is 11.8. The number of fused-ring (bicyclic) bond motifs is 1. The van der Waals surface area contributed by atoms with Crippen LogP contribution in [0.15, 0.2) is 47.0 Å². The van der Waals surface area contributed by atoms with E-state index in [9.17, 15) is 4.79 Å². The SMILES string of the molecule is CCC(C)NC(=O)CCc1nc(-c2cccc3ccccc23)no1. The minimum absolute atomic E-state index is 0.00857. The molecule has 1 unspecified atom stereocenters. The Morgan fingerprint density at radius 2 is 2.00 bits per heavy atom.